The molecule has 8 nitrogen and oxygen atoms in total. The molecule has 0 fully saturated rings. The van der Waals surface area contributed by atoms with Gasteiger partial charge in [0.15, 0.2) is 0 Å². The number of nitrogens with two attached hydrogens (primary N) is 1. The third kappa shape index (κ3) is 6.38. The normalized spacial score (nSPS) is 19.4. The molecule has 34 heavy (non-hydrogen) atoms. The highest BCUT2D eigenvalue weighted by atomic mass is 16.4. The molecule has 0 aliphatic carbocycles. The van der Waals surface area contributed by atoms with E-state index in [2.05, 4.69) is 27.5 Å². The number of amides is 2. The summed E-state index contributed by atoms with van der Waals surface area (Å²) in [6.07, 6.45) is 6.86. The van der Waals surface area contributed by atoms with Crippen molar-refractivity contribution in [3.8, 4) is 0 Å². The smallest absolute Gasteiger partial charge is 0.308 e. The summed E-state index contributed by atoms with van der Waals surface area (Å²) >= 11 is 0. The molecule has 0 saturated heterocycles. The molecule has 5 N–H and O–H groups in total. The van der Waals surface area contributed by atoms with Gasteiger partial charge in [0.25, 0.3) is 0 Å². The van der Waals surface area contributed by atoms with Crippen LogP contribution in [0.3, 0.4) is 0 Å². The van der Waals surface area contributed by atoms with Crippen LogP contribution in [-0.2, 0) is 27.3 Å². The molecule has 3 atom stereocenters. The first kappa shape index (κ1) is 25.7. The summed E-state index contributed by atoms with van der Waals surface area (Å²) in [6, 6.07) is 7.31. The van der Waals surface area contributed by atoms with Crippen molar-refractivity contribution in [2.45, 2.75) is 65.0 Å². The van der Waals surface area contributed by atoms with E-state index in [1.165, 1.54) is 0 Å². The number of aliphatic carboxylic acids is 1. The second-order valence-corrected chi connectivity index (χ2v) is 9.75. The molecule has 2 heterocycles. The number of hydrogen-bond acceptors (Lipinski definition) is 4. The molecule has 8 heteroatoms. The van der Waals surface area contributed by atoms with Crippen molar-refractivity contribution >= 4 is 28.7 Å². The number of aryl methyl sites for hydroxylation is 1. The topological polar surface area (TPSA) is 126 Å². The van der Waals surface area contributed by atoms with Gasteiger partial charge in [0, 0.05) is 43.2 Å². The van der Waals surface area contributed by atoms with Crippen molar-refractivity contribution in [2.24, 2.45) is 23.5 Å². The van der Waals surface area contributed by atoms with Gasteiger partial charge in [-0.1, -0.05) is 44.9 Å². The molecule has 2 bridgehead atoms. The minimum Gasteiger partial charge on any atom is -0.481 e. The Kier molecular flexibility index (Phi) is 9.10. The second-order valence-electron chi connectivity index (χ2n) is 9.75. The Morgan fingerprint density at radius 3 is 2.62 bits per heavy atom. The number of carboxylic acids is 1. The fourth-order valence-electron chi connectivity index (χ4n) is 4.87. The Hall–Kier alpha value is -2.87. The number of nitrogens with one attached hydrogen (secondary N) is 2. The van der Waals surface area contributed by atoms with Crippen LogP contribution in [0.25, 0.3) is 10.9 Å². The maximum atomic E-state index is 13.3. The van der Waals surface area contributed by atoms with Crippen LogP contribution in [-0.4, -0.2) is 46.6 Å². The number of rotatable bonds is 7. The van der Waals surface area contributed by atoms with Crippen molar-refractivity contribution in [3.63, 3.8) is 0 Å². The maximum absolute atomic E-state index is 13.3. The van der Waals surface area contributed by atoms with Crippen LogP contribution in [0.1, 0.15) is 51.5 Å². The average Bonchev–Trinajstić information content (AvgIpc) is 3.14. The standard InChI is InChI=1S/C26H38N4O4/c1-17(2)13-20(21(15-27)26(33)34)24(31)29-22-14-18-16-30(23-10-6-5-9-19(18)23)12-8-4-3-7-11-28-25(22)32/h5-6,9-10,16-17,20-22H,3-4,7-8,11-15,27H2,1-2H3,(H,28,32)(H,29,31)(H,33,34)/t20-,21?,22+/m1/s1. The number of carboxylic acid groups (broad SMARTS) is 1. The number of hydrogen-bond donors (Lipinski definition) is 4. The third-order valence-corrected chi connectivity index (χ3v) is 6.67. The predicted octanol–water partition coefficient (Wildman–Crippen LogP) is 2.68. The van der Waals surface area contributed by atoms with Gasteiger partial charge in [-0.2, -0.15) is 0 Å². The number of fused-ring (bicyclic) bond motifs is 5. The SMILES string of the molecule is CC(C)C[C@@H](C(=O)N[C@H]1Cc2cn(c3ccccc23)CCCCCCNC1=O)C(CN)C(=O)O. The van der Waals surface area contributed by atoms with Gasteiger partial charge in [-0.05, 0) is 36.8 Å². The van der Waals surface area contributed by atoms with E-state index < -0.39 is 29.8 Å². The van der Waals surface area contributed by atoms with Crippen LogP contribution in [0.15, 0.2) is 30.5 Å². The quantitative estimate of drug-likeness (QED) is 0.495. The largest absolute Gasteiger partial charge is 0.481 e. The molecule has 1 aliphatic heterocycles. The van der Waals surface area contributed by atoms with Gasteiger partial charge < -0.3 is 26.0 Å². The van der Waals surface area contributed by atoms with E-state index in [0.717, 1.165) is 48.7 Å². The number of para-hydroxylation sites is 1. The molecule has 1 aromatic carbocycles. The highest BCUT2D eigenvalue weighted by Gasteiger charge is 2.35. The van der Waals surface area contributed by atoms with Crippen LogP contribution in [0.5, 0.6) is 0 Å². The molecular formula is C26H38N4O4. The van der Waals surface area contributed by atoms with Crippen molar-refractivity contribution in [2.75, 3.05) is 13.1 Å². The Labute approximate surface area is 201 Å². The number of benzene rings is 1. The summed E-state index contributed by atoms with van der Waals surface area (Å²) in [7, 11) is 0. The first-order valence-corrected chi connectivity index (χ1v) is 12.4. The Bertz CT molecular complexity index is 1000. The van der Waals surface area contributed by atoms with E-state index in [1.54, 1.807) is 0 Å². The number of aromatic nitrogens is 1. The van der Waals surface area contributed by atoms with Gasteiger partial charge in [-0.15, -0.1) is 0 Å². The van der Waals surface area contributed by atoms with E-state index in [9.17, 15) is 19.5 Å². The van der Waals surface area contributed by atoms with Crippen LogP contribution in [0.2, 0.25) is 0 Å². The summed E-state index contributed by atoms with van der Waals surface area (Å²) in [4.78, 5) is 38.3. The first-order chi connectivity index (χ1) is 16.3. The van der Waals surface area contributed by atoms with Gasteiger partial charge in [-0.25, -0.2) is 0 Å². The third-order valence-electron chi connectivity index (χ3n) is 6.67. The lowest BCUT2D eigenvalue weighted by Crippen LogP contribution is -2.52. The Balaban J connectivity index is 1.92. The zero-order chi connectivity index (χ0) is 24.7. The lowest BCUT2D eigenvalue weighted by molar-refractivity contribution is -0.147. The van der Waals surface area contributed by atoms with E-state index >= 15 is 0 Å². The van der Waals surface area contributed by atoms with Gasteiger partial charge in [0.1, 0.15) is 6.04 Å². The molecule has 0 saturated carbocycles. The Morgan fingerprint density at radius 1 is 1.18 bits per heavy atom. The minimum atomic E-state index is -1.09. The zero-order valence-corrected chi connectivity index (χ0v) is 20.3. The van der Waals surface area contributed by atoms with Gasteiger partial charge in [-0.3, -0.25) is 14.4 Å². The van der Waals surface area contributed by atoms with Crippen LogP contribution in [0.4, 0.5) is 0 Å². The van der Waals surface area contributed by atoms with Gasteiger partial charge in [0.05, 0.1) is 11.8 Å². The second kappa shape index (κ2) is 12.0. The molecule has 1 unspecified atom stereocenters. The summed E-state index contributed by atoms with van der Waals surface area (Å²) in [5.41, 5.74) is 7.83. The van der Waals surface area contributed by atoms with E-state index in [0.29, 0.717) is 19.4 Å². The molecule has 186 valence electrons. The molecule has 2 amide bonds. The van der Waals surface area contributed by atoms with Crippen molar-refractivity contribution in [1.29, 1.82) is 0 Å². The predicted molar refractivity (Wildman–Crippen MR) is 132 cm³/mol. The fraction of sp³-hybridized carbons (Fsp3) is 0.577. The van der Waals surface area contributed by atoms with Crippen molar-refractivity contribution in [3.05, 3.63) is 36.0 Å². The molecule has 1 aliphatic rings. The summed E-state index contributed by atoms with van der Waals surface area (Å²) < 4.78 is 2.23. The molecule has 3 rings (SSSR count). The number of carbonyl (C=O) groups excluding carboxylic acids is 2. The summed E-state index contributed by atoms with van der Waals surface area (Å²) in [6.45, 7) is 5.21. The molecule has 0 spiro atoms. The van der Waals surface area contributed by atoms with Crippen LogP contribution < -0.4 is 16.4 Å². The molecule has 0 radical (unpaired) electrons. The van der Waals surface area contributed by atoms with E-state index in [4.69, 9.17) is 5.73 Å². The lowest BCUT2D eigenvalue weighted by Gasteiger charge is -2.26. The van der Waals surface area contributed by atoms with Crippen molar-refractivity contribution < 1.29 is 19.5 Å². The monoisotopic (exact) mass is 470 g/mol. The van der Waals surface area contributed by atoms with Gasteiger partial charge >= 0.3 is 5.97 Å². The maximum Gasteiger partial charge on any atom is 0.308 e. The zero-order valence-electron chi connectivity index (χ0n) is 20.3. The molecule has 1 aromatic heterocycles. The lowest BCUT2D eigenvalue weighted by atomic mass is 9.84. The molecular weight excluding hydrogens is 432 g/mol. The summed E-state index contributed by atoms with van der Waals surface area (Å²) in [5.74, 6) is -3.46. The highest BCUT2D eigenvalue weighted by molar-refractivity contribution is 5.92. The average molecular weight is 471 g/mol. The highest BCUT2D eigenvalue weighted by Crippen LogP contribution is 2.25. The fourth-order valence-corrected chi connectivity index (χ4v) is 4.87. The van der Waals surface area contributed by atoms with Crippen LogP contribution in [0, 0.1) is 17.8 Å². The van der Waals surface area contributed by atoms with Crippen LogP contribution >= 0.6 is 0 Å². The van der Waals surface area contributed by atoms with Gasteiger partial charge in [0.2, 0.25) is 11.8 Å². The van der Waals surface area contributed by atoms with Crippen molar-refractivity contribution in [1.82, 2.24) is 15.2 Å². The Morgan fingerprint density at radius 2 is 1.91 bits per heavy atom. The minimum absolute atomic E-state index is 0.107. The number of nitrogens with zero attached hydrogens (tertiary/aromatic N) is 1. The number of carbonyl (C=O) groups is 3. The van der Waals surface area contributed by atoms with E-state index in [1.807, 2.05) is 32.0 Å². The molecule has 2 aromatic rings. The van der Waals surface area contributed by atoms with E-state index in [-0.39, 0.29) is 18.4 Å². The first-order valence-electron chi connectivity index (χ1n) is 12.4. The summed E-state index contributed by atoms with van der Waals surface area (Å²) in [5, 5.41) is 16.6.